The summed E-state index contributed by atoms with van der Waals surface area (Å²) >= 11 is 1.53. The third-order valence-electron chi connectivity index (χ3n) is 6.76. The first-order valence-electron chi connectivity index (χ1n) is 11.6. The van der Waals surface area contributed by atoms with Crippen molar-refractivity contribution in [2.45, 2.75) is 36.2 Å². The number of hydrogen-bond donors (Lipinski definition) is 1. The van der Waals surface area contributed by atoms with Crippen LogP contribution < -0.4 is 10.9 Å². The van der Waals surface area contributed by atoms with Gasteiger partial charge in [0.2, 0.25) is 5.91 Å². The molecule has 4 aromatic rings. The van der Waals surface area contributed by atoms with Crippen LogP contribution in [0, 0.1) is 11.6 Å². The number of aromatic nitrogens is 1. The van der Waals surface area contributed by atoms with Gasteiger partial charge in [0.05, 0.1) is 5.03 Å². The van der Waals surface area contributed by atoms with Crippen molar-refractivity contribution in [2.24, 2.45) is 0 Å². The van der Waals surface area contributed by atoms with Crippen molar-refractivity contribution >= 4 is 34.1 Å². The van der Waals surface area contributed by atoms with Gasteiger partial charge in [-0.3, -0.25) is 14.2 Å². The molecule has 2 aliphatic rings. The lowest BCUT2D eigenvalue weighted by Crippen LogP contribution is -2.33. The zero-order valence-corrected chi connectivity index (χ0v) is 19.6. The molecule has 1 atom stereocenters. The van der Waals surface area contributed by atoms with Gasteiger partial charge in [0.25, 0.3) is 5.56 Å². The van der Waals surface area contributed by atoms with Crippen molar-refractivity contribution in [1.82, 2.24) is 4.57 Å². The maximum atomic E-state index is 13.6. The summed E-state index contributed by atoms with van der Waals surface area (Å²) in [6.45, 7) is 0. The average Bonchev–Trinajstić information content (AvgIpc) is 3.58. The van der Waals surface area contributed by atoms with Crippen molar-refractivity contribution in [2.75, 3.05) is 11.1 Å². The minimum Gasteiger partial charge on any atom is -0.324 e. The van der Waals surface area contributed by atoms with Crippen molar-refractivity contribution < 1.29 is 13.6 Å². The highest BCUT2D eigenvalue weighted by Gasteiger charge is 2.37. The van der Waals surface area contributed by atoms with Crippen molar-refractivity contribution in [3.8, 4) is 0 Å². The monoisotopic (exact) mass is 488 g/mol. The molecule has 0 radical (unpaired) electrons. The van der Waals surface area contributed by atoms with E-state index in [1.807, 2.05) is 18.2 Å². The minimum atomic E-state index is -1.03. The van der Waals surface area contributed by atoms with E-state index >= 15 is 0 Å². The van der Waals surface area contributed by atoms with Gasteiger partial charge in [-0.05, 0) is 64.8 Å². The molecule has 4 nitrogen and oxygen atoms in total. The van der Waals surface area contributed by atoms with Crippen LogP contribution in [0.3, 0.4) is 0 Å². The molecule has 0 spiro atoms. The number of amides is 1. The molecular weight excluding hydrogens is 466 g/mol. The lowest BCUT2D eigenvalue weighted by molar-refractivity contribution is -0.118. The molecule has 176 valence electrons. The number of rotatable bonds is 5. The van der Waals surface area contributed by atoms with E-state index in [0.717, 1.165) is 35.6 Å². The highest BCUT2D eigenvalue weighted by atomic mass is 32.2. The Kier molecular flexibility index (Phi) is 5.44. The molecule has 1 aliphatic carbocycles. The second-order valence-corrected chi connectivity index (χ2v) is 10.1. The number of hydrogen-bond acceptors (Lipinski definition) is 3. The van der Waals surface area contributed by atoms with Crippen LogP contribution in [0.25, 0.3) is 10.8 Å². The van der Waals surface area contributed by atoms with Crippen LogP contribution in [0.2, 0.25) is 0 Å². The second kappa shape index (κ2) is 8.64. The molecule has 1 fully saturated rings. The van der Waals surface area contributed by atoms with Crippen molar-refractivity contribution in [3.05, 3.63) is 105 Å². The number of benzene rings is 3. The van der Waals surface area contributed by atoms with Gasteiger partial charge in [0.15, 0.2) is 11.6 Å². The molecule has 0 bridgehead atoms. The number of thioether (sulfide) groups is 1. The standard InChI is InChI=1S/C28H22F2N2O2S/c29-22-11-10-20(14-23(22)30)31-27(34)24-15-35-28-26(17-8-9-17)19(13-25(33)32(24)28)12-18-6-3-5-16-4-1-2-7-21(16)18/h1-7,10-11,13-14,17,24H,8-9,12,15H2,(H,31,34)/t24-/m0/s1. The molecule has 6 rings (SSSR count). The number of nitrogens with one attached hydrogen (secondary N) is 1. The van der Waals surface area contributed by atoms with E-state index in [4.69, 9.17) is 0 Å². The Bertz CT molecular complexity index is 1540. The summed E-state index contributed by atoms with van der Waals surface area (Å²) in [5, 5.41) is 5.84. The Labute approximate surface area is 205 Å². The zero-order valence-electron chi connectivity index (χ0n) is 18.8. The van der Waals surface area contributed by atoms with E-state index in [0.29, 0.717) is 18.1 Å². The van der Waals surface area contributed by atoms with E-state index in [1.165, 1.54) is 39.7 Å². The van der Waals surface area contributed by atoms with Gasteiger partial charge >= 0.3 is 0 Å². The summed E-state index contributed by atoms with van der Waals surface area (Å²) in [7, 11) is 0. The fraction of sp³-hybridized carbons (Fsp3) is 0.214. The average molecular weight is 489 g/mol. The number of anilines is 1. The molecule has 2 heterocycles. The molecule has 1 aliphatic heterocycles. The summed E-state index contributed by atoms with van der Waals surface area (Å²) in [6.07, 6.45) is 2.79. The predicted octanol–water partition coefficient (Wildman–Crippen LogP) is 6.03. The fourth-order valence-corrected chi connectivity index (χ4v) is 6.36. The van der Waals surface area contributed by atoms with Gasteiger partial charge in [0.1, 0.15) is 6.04 Å². The summed E-state index contributed by atoms with van der Waals surface area (Å²) in [5.41, 5.74) is 3.32. The SMILES string of the molecule is O=C(Nc1ccc(F)c(F)c1)[C@@H]1CSc2c(C3CC3)c(Cc3cccc4ccccc34)cc(=O)n21. The number of fused-ring (bicyclic) bond motifs is 2. The first-order valence-corrected chi connectivity index (χ1v) is 12.6. The molecule has 3 aromatic carbocycles. The number of halogens is 2. The number of carbonyl (C=O) groups is 1. The normalized spacial score (nSPS) is 16.9. The van der Waals surface area contributed by atoms with Gasteiger partial charge in [-0.25, -0.2) is 8.78 Å². The molecular formula is C28H22F2N2O2S. The Hall–Kier alpha value is -3.45. The Morgan fingerprint density at radius 2 is 1.77 bits per heavy atom. The van der Waals surface area contributed by atoms with Crippen LogP contribution >= 0.6 is 11.8 Å². The summed E-state index contributed by atoms with van der Waals surface area (Å²) in [5.74, 6) is -1.61. The van der Waals surface area contributed by atoms with Crippen LogP contribution in [0.4, 0.5) is 14.5 Å². The number of nitrogens with zero attached hydrogens (tertiary/aromatic N) is 1. The highest BCUT2D eigenvalue weighted by Crippen LogP contribution is 2.48. The molecule has 1 N–H and O–H groups in total. The lowest BCUT2D eigenvalue weighted by atomic mass is 9.95. The molecule has 35 heavy (non-hydrogen) atoms. The maximum Gasteiger partial charge on any atom is 0.252 e. The third-order valence-corrected chi connectivity index (χ3v) is 7.93. The Morgan fingerprint density at radius 3 is 2.57 bits per heavy atom. The van der Waals surface area contributed by atoms with E-state index in [2.05, 4.69) is 29.6 Å². The van der Waals surface area contributed by atoms with Crippen LogP contribution in [0.5, 0.6) is 0 Å². The molecule has 0 saturated heterocycles. The fourth-order valence-electron chi connectivity index (χ4n) is 4.94. The number of carbonyl (C=O) groups excluding carboxylic acids is 1. The van der Waals surface area contributed by atoms with Gasteiger partial charge in [0, 0.05) is 23.6 Å². The van der Waals surface area contributed by atoms with Gasteiger partial charge in [-0.15, -0.1) is 11.8 Å². The van der Waals surface area contributed by atoms with Crippen LogP contribution in [0.1, 0.15) is 41.5 Å². The molecule has 1 aromatic heterocycles. The van der Waals surface area contributed by atoms with E-state index in [1.54, 1.807) is 10.6 Å². The Morgan fingerprint density at radius 1 is 0.971 bits per heavy atom. The third kappa shape index (κ3) is 4.04. The zero-order chi connectivity index (χ0) is 24.1. The predicted molar refractivity (Wildman–Crippen MR) is 134 cm³/mol. The largest absolute Gasteiger partial charge is 0.324 e. The maximum absolute atomic E-state index is 13.6. The highest BCUT2D eigenvalue weighted by molar-refractivity contribution is 7.99. The van der Waals surface area contributed by atoms with Crippen LogP contribution in [-0.2, 0) is 11.2 Å². The molecule has 7 heteroatoms. The smallest absolute Gasteiger partial charge is 0.252 e. The number of pyridine rings is 1. The minimum absolute atomic E-state index is 0.162. The van der Waals surface area contributed by atoms with Crippen LogP contribution in [-0.4, -0.2) is 16.2 Å². The van der Waals surface area contributed by atoms with Gasteiger partial charge < -0.3 is 5.32 Å². The lowest BCUT2D eigenvalue weighted by Gasteiger charge is -2.18. The topological polar surface area (TPSA) is 51.1 Å². The van der Waals surface area contributed by atoms with Crippen LogP contribution in [0.15, 0.2) is 76.6 Å². The van der Waals surface area contributed by atoms with E-state index in [-0.39, 0.29) is 11.2 Å². The summed E-state index contributed by atoms with van der Waals surface area (Å²) < 4.78 is 28.4. The van der Waals surface area contributed by atoms with Crippen molar-refractivity contribution in [1.29, 1.82) is 0 Å². The van der Waals surface area contributed by atoms with E-state index in [9.17, 15) is 18.4 Å². The molecule has 1 saturated carbocycles. The molecule has 1 amide bonds. The summed E-state index contributed by atoms with van der Waals surface area (Å²) in [6, 6.07) is 18.7. The first-order chi connectivity index (χ1) is 17.0. The van der Waals surface area contributed by atoms with Gasteiger partial charge in [-0.1, -0.05) is 42.5 Å². The quantitative estimate of drug-likeness (QED) is 0.373. The first kappa shape index (κ1) is 22.0. The van der Waals surface area contributed by atoms with E-state index < -0.39 is 23.6 Å². The summed E-state index contributed by atoms with van der Waals surface area (Å²) in [4.78, 5) is 26.4. The second-order valence-electron chi connectivity index (χ2n) is 9.13. The van der Waals surface area contributed by atoms with Gasteiger partial charge in [-0.2, -0.15) is 0 Å². The Balaban J connectivity index is 1.36. The molecule has 0 unspecified atom stereocenters. The van der Waals surface area contributed by atoms with Crippen molar-refractivity contribution in [3.63, 3.8) is 0 Å².